The lowest BCUT2D eigenvalue weighted by atomic mass is 9.82. The third-order valence-electron chi connectivity index (χ3n) is 6.17. The molecule has 1 saturated heterocycles. The van der Waals surface area contributed by atoms with E-state index in [0.717, 1.165) is 12.1 Å². The molecule has 2 aromatic heterocycles. The fourth-order valence-electron chi connectivity index (χ4n) is 4.78. The molecule has 0 saturated carbocycles. The molecule has 0 radical (unpaired) electrons. The van der Waals surface area contributed by atoms with Crippen LogP contribution in [-0.4, -0.2) is 54.2 Å². The Morgan fingerprint density at radius 2 is 1.85 bits per heavy atom. The number of anilines is 1. The average molecular weight is 477 g/mol. The Morgan fingerprint density at radius 1 is 1.18 bits per heavy atom. The van der Waals surface area contributed by atoms with Crippen molar-refractivity contribution in [2.24, 2.45) is 5.41 Å². The standard InChI is InChI=1S/C23H27F3N6O2/c1-5-31-19(13-6-8-14(9-7-13)23(24,25)26)30-16-18(27-12-28-20(16)31)29-15-10-11-32(21(33)34)17(15)22(2,3)4/h6-9,12,15,17H,5,10-11H2,1-4H3,(H,33,34)(H,27,28,29). The number of imidazole rings is 1. The summed E-state index contributed by atoms with van der Waals surface area (Å²) in [5.41, 5.74) is 0.530. The van der Waals surface area contributed by atoms with Gasteiger partial charge in [-0.05, 0) is 30.9 Å². The van der Waals surface area contributed by atoms with E-state index in [1.807, 2.05) is 32.3 Å². The van der Waals surface area contributed by atoms with Gasteiger partial charge < -0.3 is 19.9 Å². The Hall–Kier alpha value is -3.37. The number of nitrogens with one attached hydrogen (secondary N) is 1. The third-order valence-corrected chi connectivity index (χ3v) is 6.17. The van der Waals surface area contributed by atoms with Crippen molar-refractivity contribution in [1.82, 2.24) is 24.4 Å². The molecule has 0 spiro atoms. The molecule has 1 amide bonds. The second-order valence-electron chi connectivity index (χ2n) is 9.48. The van der Waals surface area contributed by atoms with Crippen molar-refractivity contribution in [3.63, 3.8) is 0 Å². The van der Waals surface area contributed by atoms with Crippen LogP contribution in [0.3, 0.4) is 0 Å². The molecule has 1 aliphatic heterocycles. The molecule has 2 N–H and O–H groups in total. The van der Waals surface area contributed by atoms with Gasteiger partial charge in [0.15, 0.2) is 17.0 Å². The van der Waals surface area contributed by atoms with Crippen LogP contribution in [0, 0.1) is 5.41 Å². The van der Waals surface area contributed by atoms with E-state index in [4.69, 9.17) is 4.98 Å². The lowest BCUT2D eigenvalue weighted by molar-refractivity contribution is -0.137. The summed E-state index contributed by atoms with van der Waals surface area (Å²) in [5.74, 6) is 0.956. The van der Waals surface area contributed by atoms with Gasteiger partial charge in [-0.3, -0.25) is 0 Å². The zero-order valence-corrected chi connectivity index (χ0v) is 19.4. The summed E-state index contributed by atoms with van der Waals surface area (Å²) in [5, 5.41) is 13.0. The van der Waals surface area contributed by atoms with Gasteiger partial charge in [0, 0.05) is 18.7 Å². The van der Waals surface area contributed by atoms with E-state index in [1.165, 1.54) is 23.4 Å². The summed E-state index contributed by atoms with van der Waals surface area (Å²) < 4.78 is 40.8. The minimum atomic E-state index is -4.42. The first-order valence-electron chi connectivity index (χ1n) is 11.1. The average Bonchev–Trinajstić information content (AvgIpc) is 3.35. The Morgan fingerprint density at radius 3 is 2.41 bits per heavy atom. The number of fused-ring (bicyclic) bond motifs is 1. The van der Waals surface area contributed by atoms with Crippen molar-refractivity contribution in [1.29, 1.82) is 0 Å². The molecule has 2 unspecified atom stereocenters. The van der Waals surface area contributed by atoms with Crippen molar-refractivity contribution >= 4 is 23.1 Å². The Balaban J connectivity index is 1.73. The molecule has 3 heterocycles. The molecule has 8 nitrogen and oxygen atoms in total. The molecule has 4 rings (SSSR count). The van der Waals surface area contributed by atoms with E-state index in [0.29, 0.717) is 47.9 Å². The van der Waals surface area contributed by atoms with E-state index in [2.05, 4.69) is 15.3 Å². The van der Waals surface area contributed by atoms with Crippen LogP contribution in [0.4, 0.5) is 23.8 Å². The van der Waals surface area contributed by atoms with E-state index < -0.39 is 17.8 Å². The first-order valence-corrected chi connectivity index (χ1v) is 11.1. The minimum Gasteiger partial charge on any atom is -0.465 e. The number of hydrogen-bond acceptors (Lipinski definition) is 5. The molecule has 0 aliphatic carbocycles. The number of amides is 1. The maximum atomic E-state index is 13.0. The summed E-state index contributed by atoms with van der Waals surface area (Å²) in [7, 11) is 0. The molecule has 34 heavy (non-hydrogen) atoms. The van der Waals surface area contributed by atoms with Gasteiger partial charge in [0.05, 0.1) is 17.6 Å². The molecular weight excluding hydrogens is 449 g/mol. The molecule has 0 bridgehead atoms. The van der Waals surface area contributed by atoms with Crippen LogP contribution < -0.4 is 5.32 Å². The topological polar surface area (TPSA) is 96.2 Å². The quantitative estimate of drug-likeness (QED) is 0.543. The number of carbonyl (C=O) groups is 1. The molecule has 2 atom stereocenters. The SMILES string of the molecule is CCn1c(-c2ccc(C(F)(F)F)cc2)nc2c(NC3CCN(C(=O)O)C3C(C)(C)C)ncnc21. The second-order valence-corrected chi connectivity index (χ2v) is 9.48. The third kappa shape index (κ3) is 4.26. The minimum absolute atomic E-state index is 0.185. The highest BCUT2D eigenvalue weighted by Crippen LogP contribution is 2.36. The largest absolute Gasteiger partial charge is 0.465 e. The van der Waals surface area contributed by atoms with Gasteiger partial charge in [-0.15, -0.1) is 0 Å². The number of aromatic nitrogens is 4. The van der Waals surface area contributed by atoms with E-state index in [9.17, 15) is 23.1 Å². The highest BCUT2D eigenvalue weighted by Gasteiger charge is 2.44. The molecule has 1 aliphatic rings. The summed E-state index contributed by atoms with van der Waals surface area (Å²) in [6.07, 6.45) is -3.36. The first kappa shape index (κ1) is 23.8. The van der Waals surface area contributed by atoms with Crippen LogP contribution in [0.25, 0.3) is 22.6 Å². The first-order chi connectivity index (χ1) is 15.9. The Bertz CT molecular complexity index is 1200. The number of benzene rings is 1. The number of nitrogens with zero attached hydrogens (tertiary/aromatic N) is 5. The number of carboxylic acid groups (broad SMARTS) is 1. The van der Waals surface area contributed by atoms with Gasteiger partial charge >= 0.3 is 12.3 Å². The van der Waals surface area contributed by atoms with Crippen LogP contribution in [0.2, 0.25) is 0 Å². The van der Waals surface area contributed by atoms with Gasteiger partial charge in [0.25, 0.3) is 0 Å². The number of halogens is 3. The molecule has 182 valence electrons. The van der Waals surface area contributed by atoms with Crippen molar-refractivity contribution in [3.8, 4) is 11.4 Å². The van der Waals surface area contributed by atoms with E-state index in [1.54, 1.807) is 0 Å². The second kappa shape index (κ2) is 8.44. The predicted molar refractivity (Wildman–Crippen MR) is 121 cm³/mol. The predicted octanol–water partition coefficient (Wildman–Crippen LogP) is 5.11. The highest BCUT2D eigenvalue weighted by atomic mass is 19.4. The van der Waals surface area contributed by atoms with E-state index in [-0.39, 0.29) is 17.5 Å². The normalized spacial score (nSPS) is 19.1. The van der Waals surface area contributed by atoms with Crippen LogP contribution in [0.15, 0.2) is 30.6 Å². The fourth-order valence-corrected chi connectivity index (χ4v) is 4.78. The zero-order chi connectivity index (χ0) is 24.8. The number of hydrogen-bond donors (Lipinski definition) is 2. The molecule has 3 aromatic rings. The summed E-state index contributed by atoms with van der Waals surface area (Å²) in [6, 6.07) is 4.40. The lowest BCUT2D eigenvalue weighted by Crippen LogP contribution is -2.49. The van der Waals surface area contributed by atoms with Crippen LogP contribution in [0.1, 0.15) is 39.7 Å². The fraction of sp³-hybridized carbons (Fsp3) is 0.478. The maximum Gasteiger partial charge on any atom is 0.416 e. The van der Waals surface area contributed by atoms with Crippen molar-refractivity contribution in [3.05, 3.63) is 36.2 Å². The summed E-state index contributed by atoms with van der Waals surface area (Å²) >= 11 is 0. The van der Waals surface area contributed by atoms with Gasteiger partial charge in [0.1, 0.15) is 12.2 Å². The number of alkyl halides is 3. The van der Waals surface area contributed by atoms with Gasteiger partial charge in [-0.2, -0.15) is 13.2 Å². The number of likely N-dealkylation sites (tertiary alicyclic amines) is 1. The monoisotopic (exact) mass is 476 g/mol. The number of rotatable bonds is 4. The summed E-state index contributed by atoms with van der Waals surface area (Å²) in [4.78, 5) is 26.7. The maximum absolute atomic E-state index is 13.0. The smallest absolute Gasteiger partial charge is 0.416 e. The molecule has 1 fully saturated rings. The van der Waals surface area contributed by atoms with Crippen LogP contribution in [-0.2, 0) is 12.7 Å². The molecule has 1 aromatic carbocycles. The van der Waals surface area contributed by atoms with Crippen LogP contribution >= 0.6 is 0 Å². The van der Waals surface area contributed by atoms with Crippen molar-refractivity contribution < 1.29 is 23.1 Å². The lowest BCUT2D eigenvalue weighted by Gasteiger charge is -2.37. The van der Waals surface area contributed by atoms with Crippen molar-refractivity contribution in [2.45, 2.75) is 58.9 Å². The van der Waals surface area contributed by atoms with Crippen molar-refractivity contribution in [2.75, 3.05) is 11.9 Å². The Labute approximate surface area is 194 Å². The van der Waals surface area contributed by atoms with E-state index >= 15 is 0 Å². The van der Waals surface area contributed by atoms with Crippen LogP contribution in [0.5, 0.6) is 0 Å². The number of aryl methyl sites for hydroxylation is 1. The molecular formula is C23H27F3N6O2. The Kier molecular flexibility index (Phi) is 5.91. The summed E-state index contributed by atoms with van der Waals surface area (Å²) in [6.45, 7) is 8.81. The van der Waals surface area contributed by atoms with Gasteiger partial charge in [-0.25, -0.2) is 19.7 Å². The van der Waals surface area contributed by atoms with Gasteiger partial charge in [-0.1, -0.05) is 32.9 Å². The zero-order valence-electron chi connectivity index (χ0n) is 19.4. The molecule has 11 heteroatoms. The highest BCUT2D eigenvalue weighted by molar-refractivity contribution is 5.86. The van der Waals surface area contributed by atoms with Gasteiger partial charge in [0.2, 0.25) is 0 Å².